The van der Waals surface area contributed by atoms with E-state index in [1.165, 1.54) is 6.42 Å². The molecular weight excluding hydrogens is 236 g/mol. The average molecular weight is 266 g/mol. The number of hydrogen-bond donors (Lipinski definition) is 1. The van der Waals surface area contributed by atoms with Gasteiger partial charge in [-0.05, 0) is 62.2 Å². The molecule has 2 fully saturated rings. The van der Waals surface area contributed by atoms with E-state index >= 15 is 0 Å². The second kappa shape index (κ2) is 4.87. The summed E-state index contributed by atoms with van der Waals surface area (Å²) in [4.78, 5) is 12.4. The molecule has 2 aliphatic carbocycles. The van der Waals surface area contributed by atoms with E-state index in [0.29, 0.717) is 17.6 Å². The number of fused-ring (bicyclic) bond motifs is 1. The number of Topliss-reactive ketones (excluding diaryl/α,β-unsaturated/α-hetero) is 1. The van der Waals surface area contributed by atoms with Gasteiger partial charge in [-0.2, -0.15) is 0 Å². The van der Waals surface area contributed by atoms with Gasteiger partial charge in [0.2, 0.25) is 0 Å². The molecule has 0 bridgehead atoms. The van der Waals surface area contributed by atoms with Crippen LogP contribution in [0.3, 0.4) is 0 Å². The van der Waals surface area contributed by atoms with Crippen molar-refractivity contribution in [3.8, 4) is 0 Å². The molecule has 5 atom stereocenters. The summed E-state index contributed by atoms with van der Waals surface area (Å²) in [5, 5.41) is 10.4. The van der Waals surface area contributed by atoms with E-state index in [0.717, 1.165) is 25.7 Å². The maximum absolute atomic E-state index is 12.4. The maximum atomic E-state index is 12.4. The van der Waals surface area contributed by atoms with Gasteiger partial charge < -0.3 is 5.11 Å². The molecule has 0 heterocycles. The van der Waals surface area contributed by atoms with Gasteiger partial charge in [-0.3, -0.25) is 4.79 Å². The van der Waals surface area contributed by atoms with E-state index in [1.807, 2.05) is 0 Å². The molecule has 0 aromatic carbocycles. The van der Waals surface area contributed by atoms with Gasteiger partial charge in [-0.25, -0.2) is 0 Å². The molecule has 0 saturated heterocycles. The Labute approximate surface area is 118 Å². The van der Waals surface area contributed by atoms with Gasteiger partial charge in [0.05, 0.1) is 6.10 Å². The lowest BCUT2D eigenvalue weighted by Crippen LogP contribution is -2.44. The smallest absolute Gasteiger partial charge is 0.136 e. The lowest BCUT2D eigenvalue weighted by Gasteiger charge is -2.45. The van der Waals surface area contributed by atoms with Crippen LogP contribution >= 0.6 is 0 Å². The van der Waals surface area contributed by atoms with E-state index in [4.69, 9.17) is 0 Å². The molecule has 2 nitrogen and oxygen atoms in total. The molecular formula is C17H30O2. The second-order valence-electron chi connectivity index (χ2n) is 8.16. The van der Waals surface area contributed by atoms with Crippen LogP contribution in [0.4, 0.5) is 0 Å². The first-order valence-corrected chi connectivity index (χ1v) is 7.87. The minimum Gasteiger partial charge on any atom is -0.393 e. The summed E-state index contributed by atoms with van der Waals surface area (Å²) in [6, 6.07) is 0. The molecule has 2 aliphatic rings. The Morgan fingerprint density at radius 3 is 2.32 bits per heavy atom. The molecule has 0 amide bonds. The third-order valence-electron chi connectivity index (χ3n) is 6.02. The van der Waals surface area contributed by atoms with Crippen molar-refractivity contribution < 1.29 is 9.90 Å². The molecule has 0 aromatic heterocycles. The van der Waals surface area contributed by atoms with Gasteiger partial charge in [0.1, 0.15) is 5.78 Å². The molecule has 110 valence electrons. The highest BCUT2D eigenvalue weighted by atomic mass is 16.3. The summed E-state index contributed by atoms with van der Waals surface area (Å²) < 4.78 is 0. The molecule has 0 aromatic rings. The Balaban J connectivity index is 2.40. The second-order valence-corrected chi connectivity index (χ2v) is 8.16. The van der Waals surface area contributed by atoms with E-state index in [1.54, 1.807) is 6.92 Å². The first-order chi connectivity index (χ1) is 8.68. The largest absolute Gasteiger partial charge is 0.393 e. The fraction of sp³-hybridized carbons (Fsp3) is 0.941. The Morgan fingerprint density at radius 1 is 1.11 bits per heavy atom. The van der Waals surface area contributed by atoms with Gasteiger partial charge in [0, 0.05) is 5.41 Å². The summed E-state index contributed by atoms with van der Waals surface area (Å²) in [6.45, 7) is 10.7. The predicted octanol–water partition coefficient (Wildman–Crippen LogP) is 3.82. The molecule has 2 rings (SSSR count). The van der Waals surface area contributed by atoms with Gasteiger partial charge in [-0.1, -0.05) is 27.7 Å². The highest BCUT2D eigenvalue weighted by molar-refractivity contribution is 5.83. The van der Waals surface area contributed by atoms with Crippen LogP contribution in [0.25, 0.3) is 0 Å². The minimum absolute atomic E-state index is 0.137. The normalized spacial score (nSPS) is 46.2. The zero-order valence-corrected chi connectivity index (χ0v) is 13.2. The molecule has 0 unspecified atom stereocenters. The van der Waals surface area contributed by atoms with E-state index in [9.17, 15) is 9.90 Å². The van der Waals surface area contributed by atoms with Crippen LogP contribution in [0.1, 0.15) is 66.7 Å². The fourth-order valence-corrected chi connectivity index (χ4v) is 4.80. The fourth-order valence-electron chi connectivity index (χ4n) is 4.80. The number of carbonyl (C=O) groups is 1. The minimum atomic E-state index is -0.261. The van der Waals surface area contributed by atoms with Crippen LogP contribution in [0, 0.1) is 28.6 Å². The number of ketones is 1. The molecule has 2 saturated carbocycles. The van der Waals surface area contributed by atoms with Crippen molar-refractivity contribution in [1.29, 1.82) is 0 Å². The predicted molar refractivity (Wildman–Crippen MR) is 77.8 cm³/mol. The summed E-state index contributed by atoms with van der Waals surface area (Å²) in [5.74, 6) is 1.75. The average Bonchev–Trinajstić information content (AvgIpc) is 2.56. The van der Waals surface area contributed by atoms with Crippen LogP contribution in [-0.4, -0.2) is 17.0 Å². The van der Waals surface area contributed by atoms with Gasteiger partial charge in [0.15, 0.2) is 0 Å². The van der Waals surface area contributed by atoms with Gasteiger partial charge in [-0.15, -0.1) is 0 Å². The molecule has 1 N–H and O–H groups in total. The van der Waals surface area contributed by atoms with Gasteiger partial charge in [0.25, 0.3) is 0 Å². The van der Waals surface area contributed by atoms with Crippen molar-refractivity contribution in [2.24, 2.45) is 28.6 Å². The topological polar surface area (TPSA) is 37.3 Å². The number of aliphatic hydroxyl groups excluding tert-OH is 1. The van der Waals surface area contributed by atoms with Crippen molar-refractivity contribution in [3.05, 3.63) is 0 Å². The molecule has 19 heavy (non-hydrogen) atoms. The lowest BCUT2D eigenvalue weighted by atomic mass is 9.59. The van der Waals surface area contributed by atoms with Crippen LogP contribution in [0.15, 0.2) is 0 Å². The summed E-state index contributed by atoms with van der Waals surface area (Å²) in [7, 11) is 0. The summed E-state index contributed by atoms with van der Waals surface area (Å²) in [6.07, 6.45) is 4.77. The van der Waals surface area contributed by atoms with E-state index in [2.05, 4.69) is 27.7 Å². The highest BCUT2D eigenvalue weighted by Crippen LogP contribution is 2.57. The zero-order valence-electron chi connectivity index (χ0n) is 13.2. The van der Waals surface area contributed by atoms with Crippen molar-refractivity contribution in [2.45, 2.75) is 72.8 Å². The monoisotopic (exact) mass is 266 g/mol. The molecule has 0 aliphatic heterocycles. The van der Waals surface area contributed by atoms with Crippen LogP contribution < -0.4 is 0 Å². The summed E-state index contributed by atoms with van der Waals surface area (Å²) >= 11 is 0. The zero-order chi connectivity index (χ0) is 14.4. The Morgan fingerprint density at radius 2 is 1.74 bits per heavy atom. The van der Waals surface area contributed by atoms with Crippen LogP contribution in [0.2, 0.25) is 0 Å². The number of aliphatic hydroxyl groups is 1. The quantitative estimate of drug-likeness (QED) is 0.783. The summed E-state index contributed by atoms with van der Waals surface area (Å²) in [5.41, 5.74) is -0.0183. The number of rotatable bonds is 1. The van der Waals surface area contributed by atoms with Crippen molar-refractivity contribution >= 4 is 5.78 Å². The van der Waals surface area contributed by atoms with E-state index in [-0.39, 0.29) is 22.9 Å². The van der Waals surface area contributed by atoms with Crippen LogP contribution in [0.5, 0.6) is 0 Å². The molecule has 2 heteroatoms. The molecule has 0 radical (unpaired) electrons. The number of carbonyl (C=O) groups excluding carboxylic acids is 1. The standard InChI is InChI=1S/C17H30O2/c1-11-6-7-17(13(3)18)8-12(2)15(19)10-16(4,5)9-14(11)17/h11-12,14-15,19H,6-10H2,1-5H3/t11-,12-,14+,15+,17-/m1/s1. The first-order valence-electron chi connectivity index (χ1n) is 7.87. The van der Waals surface area contributed by atoms with Crippen molar-refractivity contribution in [1.82, 2.24) is 0 Å². The maximum Gasteiger partial charge on any atom is 0.136 e. The first kappa shape index (κ1) is 15.0. The Kier molecular flexibility index (Phi) is 3.85. The van der Waals surface area contributed by atoms with E-state index < -0.39 is 0 Å². The SMILES string of the molecule is CC(=O)[C@]12CC[C@@H](C)[C@@H]1CC(C)(C)C[C@H](O)[C@H](C)C2. The van der Waals surface area contributed by atoms with Crippen molar-refractivity contribution in [3.63, 3.8) is 0 Å². The lowest BCUT2D eigenvalue weighted by molar-refractivity contribution is -0.133. The highest BCUT2D eigenvalue weighted by Gasteiger charge is 2.53. The third kappa shape index (κ3) is 2.61. The number of hydrogen-bond acceptors (Lipinski definition) is 2. The van der Waals surface area contributed by atoms with Crippen LogP contribution in [-0.2, 0) is 4.79 Å². The Hall–Kier alpha value is -0.370. The molecule has 0 spiro atoms. The van der Waals surface area contributed by atoms with Gasteiger partial charge >= 0.3 is 0 Å². The third-order valence-corrected chi connectivity index (χ3v) is 6.02. The Bertz CT molecular complexity index is 360. The van der Waals surface area contributed by atoms with Crippen molar-refractivity contribution in [2.75, 3.05) is 0 Å².